The van der Waals surface area contributed by atoms with Crippen molar-refractivity contribution in [3.8, 4) is 0 Å². The highest BCUT2D eigenvalue weighted by molar-refractivity contribution is 7.99. The number of esters is 1. The quantitative estimate of drug-likeness (QED) is 0.474. The van der Waals surface area contributed by atoms with Gasteiger partial charge >= 0.3 is 5.97 Å². The summed E-state index contributed by atoms with van der Waals surface area (Å²) in [4.78, 5) is 13.1. The van der Waals surface area contributed by atoms with E-state index in [4.69, 9.17) is 4.74 Å². The van der Waals surface area contributed by atoms with E-state index in [-0.39, 0.29) is 17.1 Å². The van der Waals surface area contributed by atoms with Gasteiger partial charge in [0.15, 0.2) is 21.1 Å². The lowest BCUT2D eigenvalue weighted by atomic mass is 10.1. The van der Waals surface area contributed by atoms with Gasteiger partial charge in [0, 0.05) is 0 Å². The molecule has 0 aliphatic carbocycles. The fourth-order valence-electron chi connectivity index (χ4n) is 3.66. The Labute approximate surface area is 181 Å². The molecule has 0 amide bonds. The molecule has 7 heteroatoms. The molecule has 0 saturated heterocycles. The van der Waals surface area contributed by atoms with E-state index in [9.17, 15) is 18.7 Å². The van der Waals surface area contributed by atoms with E-state index < -0.39 is 27.8 Å². The van der Waals surface area contributed by atoms with E-state index >= 15 is 0 Å². The van der Waals surface area contributed by atoms with E-state index in [0.29, 0.717) is 16.8 Å². The zero-order valence-corrected chi connectivity index (χ0v) is 17.9. The van der Waals surface area contributed by atoms with Crippen molar-refractivity contribution >= 4 is 27.8 Å². The molecule has 1 aliphatic heterocycles. The van der Waals surface area contributed by atoms with E-state index in [1.54, 1.807) is 56.3 Å². The van der Waals surface area contributed by atoms with Crippen LogP contribution in [0.25, 0.3) is 5.76 Å². The maximum atomic E-state index is 13.6. The maximum absolute atomic E-state index is 13.6. The standard InChI is InChI=1S/C24H21NO5S/c1-16-9-8-10-17(2)21(16)25-22(24(27)30-15-18-11-4-3-5-12-18)23(26)19-13-6-7-14-20(19)31(25,28)29/h3-14H,15H2,1-2H3,(H-,26,27,28,29). The molecule has 158 valence electrons. The molecule has 1 N–H and O–H groups in total. The van der Waals surface area contributed by atoms with Gasteiger partial charge in [0.2, 0.25) is 5.70 Å². The second-order valence-electron chi connectivity index (χ2n) is 7.26. The first kappa shape index (κ1) is 20.8. The van der Waals surface area contributed by atoms with Crippen LogP contribution in [0.4, 0.5) is 5.69 Å². The van der Waals surface area contributed by atoms with Crippen LogP contribution in [0.2, 0.25) is 0 Å². The summed E-state index contributed by atoms with van der Waals surface area (Å²) in [6.45, 7) is 3.45. The Balaban J connectivity index is 1.88. The monoisotopic (exact) mass is 435 g/mol. The van der Waals surface area contributed by atoms with Crippen LogP contribution in [0.15, 0.2) is 83.4 Å². The number of benzene rings is 3. The zero-order chi connectivity index (χ0) is 22.2. The van der Waals surface area contributed by atoms with Crippen molar-refractivity contribution in [2.75, 3.05) is 4.31 Å². The topological polar surface area (TPSA) is 89.9 Å². The molecular formula is C24H21NO5S. The number of carbonyl (C=O) groups is 1. The third-order valence-electron chi connectivity index (χ3n) is 5.14. The fourth-order valence-corrected chi connectivity index (χ4v) is 5.48. The van der Waals surface area contributed by atoms with Gasteiger partial charge in [0.05, 0.1) is 11.3 Å². The minimum absolute atomic E-state index is 0.0568. The van der Waals surface area contributed by atoms with E-state index in [1.807, 2.05) is 18.2 Å². The Morgan fingerprint density at radius 2 is 1.58 bits per heavy atom. The first-order chi connectivity index (χ1) is 14.8. The molecular weight excluding hydrogens is 414 g/mol. The van der Waals surface area contributed by atoms with Crippen LogP contribution < -0.4 is 4.31 Å². The number of rotatable bonds is 4. The van der Waals surface area contributed by atoms with Crippen molar-refractivity contribution in [3.63, 3.8) is 0 Å². The Hall–Kier alpha value is -3.42. The lowest BCUT2D eigenvalue weighted by Crippen LogP contribution is -2.43. The lowest BCUT2D eigenvalue weighted by molar-refractivity contribution is -0.140. The minimum Gasteiger partial charge on any atom is -0.588 e. The molecule has 1 heterocycles. The van der Waals surface area contributed by atoms with Crippen molar-refractivity contribution in [3.05, 3.63) is 101 Å². The third-order valence-corrected chi connectivity index (χ3v) is 6.89. The molecule has 1 aliphatic rings. The average Bonchev–Trinajstić information content (AvgIpc) is 2.76. The molecule has 1 unspecified atom stereocenters. The highest BCUT2D eigenvalue weighted by atomic mass is 32.3. The van der Waals surface area contributed by atoms with Crippen molar-refractivity contribution in [2.45, 2.75) is 25.3 Å². The molecule has 0 fully saturated rings. The van der Waals surface area contributed by atoms with Crippen LogP contribution in [0, 0.1) is 13.8 Å². The number of aliphatic hydroxyl groups is 1. The Bertz CT molecular complexity index is 1220. The predicted molar refractivity (Wildman–Crippen MR) is 118 cm³/mol. The van der Waals surface area contributed by atoms with Crippen molar-refractivity contribution in [1.29, 1.82) is 0 Å². The van der Waals surface area contributed by atoms with Gasteiger partial charge in [-0.25, -0.2) is 4.79 Å². The molecule has 4 rings (SSSR count). The van der Waals surface area contributed by atoms with Gasteiger partial charge in [-0.15, -0.1) is 4.31 Å². The molecule has 6 nitrogen and oxygen atoms in total. The number of hydrogen-bond donors (Lipinski definition) is 1. The summed E-state index contributed by atoms with van der Waals surface area (Å²) in [5.41, 5.74) is 1.99. The van der Waals surface area contributed by atoms with Crippen molar-refractivity contribution < 1.29 is 23.4 Å². The second kappa shape index (κ2) is 8.02. The summed E-state index contributed by atoms with van der Waals surface area (Å²) >= 11 is 0. The number of hydrogen-bond acceptors (Lipinski definition) is 5. The van der Waals surface area contributed by atoms with E-state index in [1.165, 1.54) is 12.1 Å². The summed E-state index contributed by atoms with van der Waals surface area (Å²) in [5.74, 6) is -1.37. The number of nitrogens with zero attached hydrogens (tertiary/aromatic N) is 1. The second-order valence-corrected chi connectivity index (χ2v) is 9.02. The SMILES string of the molecule is Cc1cccc(C)c1N1C(C(=O)OCc2ccccc2)=C(O)c2ccccc2[S+]1(=O)[O-]. The molecule has 31 heavy (non-hydrogen) atoms. The number of para-hydroxylation sites is 1. The summed E-state index contributed by atoms with van der Waals surface area (Å²) in [5, 5.41) is 11.0. The zero-order valence-electron chi connectivity index (χ0n) is 17.1. The van der Waals surface area contributed by atoms with E-state index in [0.717, 1.165) is 9.87 Å². The van der Waals surface area contributed by atoms with Gasteiger partial charge in [-0.3, -0.25) is 0 Å². The van der Waals surface area contributed by atoms with Crippen LogP contribution in [0.1, 0.15) is 22.3 Å². The molecule has 0 bridgehead atoms. The summed E-state index contributed by atoms with van der Waals surface area (Å²) in [7, 11) is -4.18. The van der Waals surface area contributed by atoms with Crippen LogP contribution in [-0.2, 0) is 30.7 Å². The maximum Gasteiger partial charge on any atom is 0.363 e. The van der Waals surface area contributed by atoms with Gasteiger partial charge in [-0.05, 0) is 42.7 Å². The third kappa shape index (κ3) is 3.62. The number of ether oxygens (including phenoxy) is 1. The smallest absolute Gasteiger partial charge is 0.363 e. The van der Waals surface area contributed by atoms with Gasteiger partial charge in [-0.1, -0.05) is 64.9 Å². The number of fused-ring (bicyclic) bond motifs is 1. The fraction of sp³-hybridized carbons (Fsp3) is 0.125. The first-order valence-corrected chi connectivity index (χ1v) is 11.1. The molecule has 0 radical (unpaired) electrons. The molecule has 3 aromatic rings. The van der Waals surface area contributed by atoms with Crippen LogP contribution >= 0.6 is 0 Å². The van der Waals surface area contributed by atoms with Crippen molar-refractivity contribution in [1.82, 2.24) is 0 Å². The van der Waals surface area contributed by atoms with Crippen molar-refractivity contribution in [2.24, 2.45) is 0 Å². The first-order valence-electron chi connectivity index (χ1n) is 9.67. The normalized spacial score (nSPS) is 18.0. The number of anilines is 1. The molecule has 3 aromatic carbocycles. The van der Waals surface area contributed by atoms with Gasteiger partial charge in [0.25, 0.3) is 0 Å². The van der Waals surface area contributed by atoms with E-state index in [2.05, 4.69) is 0 Å². The summed E-state index contributed by atoms with van der Waals surface area (Å²) in [6, 6.07) is 20.4. The largest absolute Gasteiger partial charge is 0.588 e. The van der Waals surface area contributed by atoms with Gasteiger partial charge < -0.3 is 14.4 Å². The molecule has 0 spiro atoms. The number of carbonyl (C=O) groups excluding carboxylic acids is 1. The number of aliphatic hydroxyl groups excluding tert-OH is 1. The van der Waals surface area contributed by atoms with Crippen LogP contribution in [-0.4, -0.2) is 15.6 Å². The van der Waals surface area contributed by atoms with Gasteiger partial charge in [-0.2, -0.15) is 0 Å². The van der Waals surface area contributed by atoms with Crippen LogP contribution in [0.5, 0.6) is 0 Å². The molecule has 0 aromatic heterocycles. The Morgan fingerprint density at radius 3 is 2.26 bits per heavy atom. The van der Waals surface area contributed by atoms with Gasteiger partial charge in [0.1, 0.15) is 6.61 Å². The predicted octanol–water partition coefficient (Wildman–Crippen LogP) is 4.70. The van der Waals surface area contributed by atoms with Crippen LogP contribution in [0.3, 0.4) is 0 Å². The summed E-state index contributed by atoms with van der Waals surface area (Å²) < 4.78 is 33.6. The number of sulfonamides is 1. The number of aryl methyl sites for hydroxylation is 2. The molecule has 1 atom stereocenters. The Morgan fingerprint density at radius 1 is 0.968 bits per heavy atom. The Kier molecular flexibility index (Phi) is 5.39. The molecule has 0 saturated carbocycles. The average molecular weight is 436 g/mol. The highest BCUT2D eigenvalue weighted by Gasteiger charge is 2.47. The minimum atomic E-state index is -4.18. The lowest BCUT2D eigenvalue weighted by Gasteiger charge is -2.35. The summed E-state index contributed by atoms with van der Waals surface area (Å²) in [6.07, 6.45) is 0. The highest BCUT2D eigenvalue weighted by Crippen LogP contribution is 2.44.